The molecule has 0 saturated heterocycles. The Morgan fingerprint density at radius 2 is 1.07 bits per heavy atom. The number of aliphatic hydroxyl groups is 1. The van der Waals surface area contributed by atoms with Crippen LogP contribution in [0.25, 0.3) is 0 Å². The first kappa shape index (κ1) is 39.1. The number of amides is 4. The fourth-order valence-electron chi connectivity index (χ4n) is 3.46. The van der Waals surface area contributed by atoms with E-state index in [9.17, 15) is 34.2 Å². The highest BCUT2D eigenvalue weighted by Crippen LogP contribution is 2.03. The monoisotopic (exact) mass is 630 g/mol. The van der Waals surface area contributed by atoms with Crippen molar-refractivity contribution in [1.29, 1.82) is 0 Å². The number of nitrogens with two attached hydrogens (primary N) is 7. The van der Waals surface area contributed by atoms with Gasteiger partial charge in [-0.2, -0.15) is 0 Å². The second kappa shape index (κ2) is 21.7. The lowest BCUT2D eigenvalue weighted by molar-refractivity contribution is -0.142. The van der Waals surface area contributed by atoms with Crippen molar-refractivity contribution in [3.8, 4) is 0 Å². The molecular formula is C23H46N14O7. The van der Waals surface area contributed by atoms with Gasteiger partial charge >= 0.3 is 5.97 Å². The summed E-state index contributed by atoms with van der Waals surface area (Å²) in [6.45, 7) is -0.987. The number of nitrogens with zero attached hydrogens (tertiary/aromatic N) is 3. The zero-order valence-electron chi connectivity index (χ0n) is 24.4. The zero-order valence-corrected chi connectivity index (χ0v) is 24.4. The van der Waals surface area contributed by atoms with Crippen LogP contribution in [0.5, 0.6) is 0 Å². The van der Waals surface area contributed by atoms with Crippen LogP contribution >= 0.6 is 0 Å². The molecule has 0 aliphatic rings. The van der Waals surface area contributed by atoms with Gasteiger partial charge in [-0.15, -0.1) is 0 Å². The van der Waals surface area contributed by atoms with Crippen LogP contribution in [0.15, 0.2) is 15.0 Å². The standard InChI is InChI=1S/C23H46N14O7/c24-12(4-1-7-31-21(25)26)17(40)36-13(5-2-8-32-22(27)28)19(42)37-15(11-38)18(41)34-10-16(39)35-14(20(43)44)6-3-9-33-23(29)30/h12-15,38H,1-11,24H2,(H,34,41)(H,35,39)(H,36,40)(H,37,42)(H,43,44)(H4,25,26,31)(H4,27,28,32)(H4,29,30,33)/t12-,13-,14-,15-/m0/s1. The summed E-state index contributed by atoms with van der Waals surface area (Å²) in [5.74, 6) is -5.02. The van der Waals surface area contributed by atoms with Crippen molar-refractivity contribution in [2.45, 2.75) is 62.7 Å². The predicted octanol–water partition coefficient (Wildman–Crippen LogP) is -6.88. The first-order valence-electron chi connectivity index (χ1n) is 13.6. The van der Waals surface area contributed by atoms with Crippen molar-refractivity contribution in [2.75, 3.05) is 32.8 Å². The van der Waals surface area contributed by atoms with Gasteiger partial charge in [0.15, 0.2) is 17.9 Å². The van der Waals surface area contributed by atoms with Gasteiger partial charge in [-0.1, -0.05) is 0 Å². The number of hydrogen-bond acceptors (Lipinski definition) is 10. The van der Waals surface area contributed by atoms with Crippen molar-refractivity contribution in [1.82, 2.24) is 21.3 Å². The van der Waals surface area contributed by atoms with Crippen molar-refractivity contribution in [2.24, 2.45) is 55.1 Å². The Balaban J connectivity index is 5.19. The minimum Gasteiger partial charge on any atom is -0.480 e. The second-order valence-corrected chi connectivity index (χ2v) is 9.43. The van der Waals surface area contributed by atoms with Gasteiger partial charge in [0.1, 0.15) is 18.1 Å². The number of carbonyl (C=O) groups excluding carboxylic acids is 4. The van der Waals surface area contributed by atoms with Crippen LogP contribution in [0, 0.1) is 0 Å². The van der Waals surface area contributed by atoms with Crippen LogP contribution < -0.4 is 61.4 Å². The number of carbonyl (C=O) groups is 5. The van der Waals surface area contributed by atoms with E-state index in [1.54, 1.807) is 0 Å². The molecule has 0 spiro atoms. The highest BCUT2D eigenvalue weighted by Gasteiger charge is 2.28. The maximum absolute atomic E-state index is 13.0. The van der Waals surface area contributed by atoms with E-state index in [1.807, 2.05) is 0 Å². The number of carboxylic acids is 1. The van der Waals surface area contributed by atoms with E-state index in [0.717, 1.165) is 0 Å². The molecule has 0 bridgehead atoms. The Morgan fingerprint density at radius 3 is 1.52 bits per heavy atom. The highest BCUT2D eigenvalue weighted by atomic mass is 16.4. The Bertz CT molecular complexity index is 1040. The number of carboxylic acid groups (broad SMARTS) is 1. The summed E-state index contributed by atoms with van der Waals surface area (Å²) in [7, 11) is 0. The fraction of sp³-hybridized carbons (Fsp3) is 0.652. The molecular weight excluding hydrogens is 584 g/mol. The van der Waals surface area contributed by atoms with Gasteiger partial charge in [0.05, 0.1) is 19.2 Å². The normalized spacial score (nSPS) is 13.1. The van der Waals surface area contributed by atoms with E-state index in [1.165, 1.54) is 0 Å². The molecule has 0 saturated carbocycles. The van der Waals surface area contributed by atoms with Gasteiger partial charge in [-0.05, 0) is 38.5 Å². The SMILES string of the molecule is NC(N)=NCCC[C@H](NC(=O)CNC(=O)[C@H](CO)NC(=O)[C@H](CCCN=C(N)N)NC(=O)[C@@H](N)CCCN=C(N)N)C(=O)O. The lowest BCUT2D eigenvalue weighted by Gasteiger charge is -2.23. The average Bonchev–Trinajstić information content (AvgIpc) is 2.94. The summed E-state index contributed by atoms with van der Waals surface area (Å²) in [5, 5.41) is 28.3. The van der Waals surface area contributed by atoms with Gasteiger partial charge in [-0.3, -0.25) is 34.2 Å². The van der Waals surface area contributed by atoms with Crippen LogP contribution in [0.4, 0.5) is 0 Å². The molecule has 4 atom stereocenters. The smallest absolute Gasteiger partial charge is 0.326 e. The van der Waals surface area contributed by atoms with E-state index in [0.29, 0.717) is 6.42 Å². The molecule has 0 unspecified atom stereocenters. The summed E-state index contributed by atoms with van der Waals surface area (Å²) in [4.78, 5) is 73.3. The summed E-state index contributed by atoms with van der Waals surface area (Å²) < 4.78 is 0. The molecule has 21 nitrogen and oxygen atoms in total. The Labute approximate surface area is 253 Å². The summed E-state index contributed by atoms with van der Waals surface area (Å²) in [6.07, 6.45) is 1.15. The van der Waals surface area contributed by atoms with Gasteiger partial charge < -0.3 is 71.6 Å². The van der Waals surface area contributed by atoms with Crippen LogP contribution in [0.1, 0.15) is 38.5 Å². The Hall–Kier alpha value is -4.92. The molecule has 0 aliphatic carbocycles. The number of aliphatic imine (C=N–C) groups is 3. The third-order valence-electron chi connectivity index (χ3n) is 5.70. The first-order valence-corrected chi connectivity index (χ1v) is 13.6. The first-order chi connectivity index (χ1) is 20.7. The molecule has 250 valence electrons. The zero-order chi connectivity index (χ0) is 33.7. The number of hydrogen-bond donors (Lipinski definition) is 13. The minimum atomic E-state index is -1.52. The molecule has 0 rings (SSSR count). The van der Waals surface area contributed by atoms with E-state index in [4.69, 9.17) is 40.1 Å². The summed E-state index contributed by atoms with van der Waals surface area (Å²) in [6, 6.07) is -4.99. The van der Waals surface area contributed by atoms with Crippen molar-refractivity contribution in [3.05, 3.63) is 0 Å². The largest absolute Gasteiger partial charge is 0.480 e. The van der Waals surface area contributed by atoms with Crippen LogP contribution in [-0.2, 0) is 24.0 Å². The van der Waals surface area contributed by atoms with Crippen LogP contribution in [0.2, 0.25) is 0 Å². The topological polar surface area (TPSA) is 393 Å². The van der Waals surface area contributed by atoms with Gasteiger partial charge in [0.2, 0.25) is 23.6 Å². The summed E-state index contributed by atoms with van der Waals surface area (Å²) >= 11 is 0. The Kier molecular flexibility index (Phi) is 19.3. The number of nitrogens with one attached hydrogen (secondary N) is 4. The third-order valence-corrected chi connectivity index (χ3v) is 5.70. The lowest BCUT2D eigenvalue weighted by Crippen LogP contribution is -2.57. The number of rotatable bonds is 22. The minimum absolute atomic E-state index is 0.0113. The van der Waals surface area contributed by atoms with Crippen molar-refractivity contribution in [3.63, 3.8) is 0 Å². The maximum atomic E-state index is 13.0. The number of guanidine groups is 3. The quantitative estimate of drug-likeness (QED) is 0.0300. The number of aliphatic carboxylic acids is 1. The lowest BCUT2D eigenvalue weighted by atomic mass is 10.1. The van der Waals surface area contributed by atoms with Gasteiger partial charge in [0.25, 0.3) is 0 Å². The highest BCUT2D eigenvalue weighted by molar-refractivity contribution is 5.94. The Morgan fingerprint density at radius 1 is 0.614 bits per heavy atom. The molecule has 20 N–H and O–H groups in total. The maximum Gasteiger partial charge on any atom is 0.326 e. The summed E-state index contributed by atoms with van der Waals surface area (Å²) in [5.41, 5.74) is 37.5. The predicted molar refractivity (Wildman–Crippen MR) is 161 cm³/mol. The van der Waals surface area contributed by atoms with E-state index in [-0.39, 0.29) is 69.6 Å². The number of aliphatic hydroxyl groups excluding tert-OH is 1. The van der Waals surface area contributed by atoms with E-state index in [2.05, 4.69) is 36.2 Å². The van der Waals surface area contributed by atoms with E-state index < -0.39 is 66.9 Å². The molecule has 0 aliphatic heterocycles. The molecule has 0 radical (unpaired) electrons. The molecule has 21 heteroatoms. The van der Waals surface area contributed by atoms with E-state index >= 15 is 0 Å². The molecule has 0 aromatic carbocycles. The van der Waals surface area contributed by atoms with Gasteiger partial charge in [-0.25, -0.2) is 4.79 Å². The molecule has 0 aromatic rings. The van der Waals surface area contributed by atoms with Gasteiger partial charge in [0, 0.05) is 19.6 Å². The van der Waals surface area contributed by atoms with Crippen molar-refractivity contribution >= 4 is 47.5 Å². The average molecular weight is 631 g/mol. The van der Waals surface area contributed by atoms with Crippen molar-refractivity contribution < 1.29 is 34.2 Å². The fourth-order valence-corrected chi connectivity index (χ4v) is 3.46. The molecule has 0 aromatic heterocycles. The third kappa shape index (κ3) is 18.5. The molecule has 0 fully saturated rings. The molecule has 4 amide bonds. The molecule has 0 heterocycles. The molecule has 44 heavy (non-hydrogen) atoms. The van der Waals surface area contributed by atoms with Crippen LogP contribution in [-0.4, -0.2) is 115 Å². The van der Waals surface area contributed by atoms with Crippen LogP contribution in [0.3, 0.4) is 0 Å². The second-order valence-electron chi connectivity index (χ2n) is 9.43.